The molecule has 2 aromatic heterocycles. The molecule has 2 atom stereocenters. The lowest BCUT2D eigenvalue weighted by Gasteiger charge is -2.30. The summed E-state index contributed by atoms with van der Waals surface area (Å²) in [5, 5.41) is 6.18. The molecule has 3 aromatic rings. The molecule has 2 heterocycles. The molecule has 0 spiro atoms. The largest absolute Gasteiger partial charge is 0.370 e. The van der Waals surface area contributed by atoms with Gasteiger partial charge in [-0.2, -0.15) is 0 Å². The van der Waals surface area contributed by atoms with Crippen LogP contribution in [-0.4, -0.2) is 28.0 Å². The van der Waals surface area contributed by atoms with Crippen molar-refractivity contribution < 1.29 is 13.9 Å². The van der Waals surface area contributed by atoms with Gasteiger partial charge in [-0.25, -0.2) is 9.37 Å². The van der Waals surface area contributed by atoms with Crippen LogP contribution in [0.2, 0.25) is 0 Å². The zero-order valence-corrected chi connectivity index (χ0v) is 18.8. The molecule has 1 amide bonds. The highest BCUT2D eigenvalue weighted by Crippen LogP contribution is 2.27. The maximum atomic E-state index is 14.7. The molecule has 9 heteroatoms. The van der Waals surface area contributed by atoms with E-state index >= 15 is 0 Å². The van der Waals surface area contributed by atoms with Gasteiger partial charge in [-0.3, -0.25) is 9.78 Å². The molecule has 178 valence electrons. The average molecular weight is 465 g/mol. The van der Waals surface area contributed by atoms with Gasteiger partial charge in [0.05, 0.1) is 24.5 Å². The second kappa shape index (κ2) is 11.0. The van der Waals surface area contributed by atoms with E-state index in [1.54, 1.807) is 18.3 Å². The fraction of sp³-hybridized carbons (Fsp3) is 0.320. The fourth-order valence-corrected chi connectivity index (χ4v) is 4.01. The van der Waals surface area contributed by atoms with Crippen molar-refractivity contribution in [3.05, 3.63) is 77.4 Å². The first-order valence-corrected chi connectivity index (χ1v) is 11.4. The molecule has 0 radical (unpaired) electrons. The van der Waals surface area contributed by atoms with Gasteiger partial charge in [0.1, 0.15) is 5.82 Å². The predicted octanol–water partition coefficient (Wildman–Crippen LogP) is 3.86. The Morgan fingerprint density at radius 1 is 1.09 bits per heavy atom. The molecule has 1 aromatic carbocycles. The van der Waals surface area contributed by atoms with E-state index in [-0.39, 0.29) is 29.3 Å². The summed E-state index contributed by atoms with van der Waals surface area (Å²) >= 11 is 0. The highest BCUT2D eigenvalue weighted by Gasteiger charge is 2.24. The molecule has 34 heavy (non-hydrogen) atoms. The third-order valence-electron chi connectivity index (χ3n) is 5.82. The monoisotopic (exact) mass is 464 g/mol. The van der Waals surface area contributed by atoms with Crippen LogP contribution in [0.1, 0.15) is 47.3 Å². The zero-order chi connectivity index (χ0) is 23.9. The molecule has 4 rings (SSSR count). The van der Waals surface area contributed by atoms with Gasteiger partial charge in [0, 0.05) is 24.0 Å². The summed E-state index contributed by atoms with van der Waals surface area (Å²) in [5.41, 5.74) is 14.0. The Labute approximate surface area is 197 Å². The average Bonchev–Trinajstić information content (AvgIpc) is 2.83. The molecule has 0 bridgehead atoms. The Hall–Kier alpha value is -3.56. The molecule has 6 N–H and O–H groups in total. The van der Waals surface area contributed by atoms with Gasteiger partial charge in [0.2, 0.25) is 0 Å². The molecule has 1 saturated carbocycles. The van der Waals surface area contributed by atoms with E-state index in [9.17, 15) is 9.18 Å². The van der Waals surface area contributed by atoms with E-state index < -0.39 is 11.7 Å². The molecule has 0 unspecified atom stereocenters. The summed E-state index contributed by atoms with van der Waals surface area (Å²) in [6, 6.07) is 14.3. The van der Waals surface area contributed by atoms with Crippen LogP contribution in [0.4, 0.5) is 21.7 Å². The van der Waals surface area contributed by atoms with Crippen LogP contribution in [0.15, 0.2) is 54.7 Å². The van der Waals surface area contributed by atoms with Crippen LogP contribution in [0.25, 0.3) is 0 Å². The Bertz CT molecular complexity index is 1130. The molecule has 1 aliphatic rings. The number of pyridine rings is 2. The number of rotatable bonds is 9. The van der Waals surface area contributed by atoms with Crippen LogP contribution in [0, 0.1) is 5.82 Å². The summed E-state index contributed by atoms with van der Waals surface area (Å²) in [4.78, 5) is 20.6. The molecule has 1 aliphatic carbocycles. The van der Waals surface area contributed by atoms with Gasteiger partial charge in [0.25, 0.3) is 5.91 Å². The van der Waals surface area contributed by atoms with Gasteiger partial charge >= 0.3 is 0 Å². The first-order chi connectivity index (χ1) is 16.5. The summed E-state index contributed by atoms with van der Waals surface area (Å²) in [5.74, 6) is -1.24. The van der Waals surface area contributed by atoms with E-state index in [4.69, 9.17) is 16.2 Å². The lowest BCUT2D eigenvalue weighted by Crippen LogP contribution is -2.43. The van der Waals surface area contributed by atoms with Crippen LogP contribution in [-0.2, 0) is 18.0 Å². The summed E-state index contributed by atoms with van der Waals surface area (Å²) < 4.78 is 20.5. The van der Waals surface area contributed by atoms with Crippen LogP contribution < -0.4 is 22.1 Å². The van der Waals surface area contributed by atoms with Crippen LogP contribution in [0.5, 0.6) is 0 Å². The van der Waals surface area contributed by atoms with Gasteiger partial charge in [-0.05, 0) is 36.6 Å². The number of hydrogen-bond donors (Lipinski definition) is 4. The molecular weight excluding hydrogens is 435 g/mol. The smallest absolute Gasteiger partial charge is 0.252 e. The van der Waals surface area contributed by atoms with Crippen molar-refractivity contribution in [3.63, 3.8) is 0 Å². The van der Waals surface area contributed by atoms with Gasteiger partial charge in [0.15, 0.2) is 11.6 Å². The quantitative estimate of drug-likeness (QED) is 0.379. The van der Waals surface area contributed by atoms with E-state index in [0.717, 1.165) is 37.3 Å². The number of aromatic nitrogens is 2. The lowest BCUT2D eigenvalue weighted by atomic mass is 9.91. The number of benzene rings is 1. The first-order valence-electron chi connectivity index (χ1n) is 11.4. The molecular formula is C25H29FN6O2. The zero-order valence-electron chi connectivity index (χ0n) is 18.8. The Morgan fingerprint density at radius 2 is 1.88 bits per heavy atom. The number of nitrogens with two attached hydrogens (primary N) is 2. The van der Waals surface area contributed by atoms with Crippen molar-refractivity contribution in [2.24, 2.45) is 11.5 Å². The number of nitrogens with zero attached hydrogens (tertiary/aromatic N) is 2. The van der Waals surface area contributed by atoms with E-state index in [2.05, 4.69) is 20.6 Å². The SMILES string of the molecule is NC(=O)c1cc(F)c(N[C@@H]2CCCC[C@@H]2N)nc1Nc1ccnc(COCc2ccccc2)c1. The standard InChI is InChI=1S/C25H29FN6O2/c26-20-13-19(23(28)33)24(32-25(20)31-22-9-5-4-8-21(22)27)30-17-10-11-29-18(12-17)15-34-14-16-6-2-1-3-7-16/h1-3,6-7,10-13,21-22H,4-5,8-9,14-15,27H2,(H2,28,33)(H2,29,30,31,32)/t21-,22+/m0/s1. The minimum Gasteiger partial charge on any atom is -0.370 e. The highest BCUT2D eigenvalue weighted by atomic mass is 19.1. The Morgan fingerprint density at radius 3 is 2.65 bits per heavy atom. The number of primary amides is 1. The predicted molar refractivity (Wildman–Crippen MR) is 129 cm³/mol. The van der Waals surface area contributed by atoms with Crippen molar-refractivity contribution in [3.8, 4) is 0 Å². The maximum Gasteiger partial charge on any atom is 0.252 e. The highest BCUT2D eigenvalue weighted by molar-refractivity contribution is 5.98. The Kier molecular flexibility index (Phi) is 7.66. The summed E-state index contributed by atoms with van der Waals surface area (Å²) in [6.07, 6.45) is 5.40. The minimum atomic E-state index is -0.782. The van der Waals surface area contributed by atoms with Gasteiger partial charge in [-0.15, -0.1) is 0 Å². The molecule has 1 fully saturated rings. The van der Waals surface area contributed by atoms with Gasteiger partial charge in [-0.1, -0.05) is 43.2 Å². The number of hydrogen-bond acceptors (Lipinski definition) is 7. The van der Waals surface area contributed by atoms with E-state index in [1.165, 1.54) is 0 Å². The third-order valence-corrected chi connectivity index (χ3v) is 5.82. The van der Waals surface area contributed by atoms with Crippen molar-refractivity contribution in [1.29, 1.82) is 0 Å². The van der Waals surface area contributed by atoms with Gasteiger partial charge < -0.3 is 26.8 Å². The fourth-order valence-electron chi connectivity index (χ4n) is 4.01. The number of ether oxygens (including phenoxy) is 1. The molecule has 8 nitrogen and oxygen atoms in total. The molecule has 0 aliphatic heterocycles. The second-order valence-electron chi connectivity index (χ2n) is 8.42. The first kappa shape index (κ1) is 23.6. The van der Waals surface area contributed by atoms with E-state index in [1.807, 2.05) is 30.3 Å². The van der Waals surface area contributed by atoms with Crippen LogP contribution in [0.3, 0.4) is 0 Å². The maximum absolute atomic E-state index is 14.7. The third kappa shape index (κ3) is 6.06. The number of amides is 1. The number of nitrogens with one attached hydrogen (secondary N) is 2. The molecule has 0 saturated heterocycles. The van der Waals surface area contributed by atoms with Crippen molar-refractivity contribution in [2.75, 3.05) is 10.6 Å². The number of anilines is 3. The summed E-state index contributed by atoms with van der Waals surface area (Å²) in [7, 11) is 0. The van der Waals surface area contributed by atoms with Crippen molar-refractivity contribution in [2.45, 2.75) is 51.0 Å². The normalized spacial score (nSPS) is 17.8. The number of halogens is 1. The lowest BCUT2D eigenvalue weighted by molar-refractivity contribution is 0.100. The minimum absolute atomic E-state index is 0.0373. The summed E-state index contributed by atoms with van der Waals surface area (Å²) in [6.45, 7) is 0.764. The number of carbonyl (C=O) groups excluding carboxylic acids is 1. The van der Waals surface area contributed by atoms with Crippen molar-refractivity contribution in [1.82, 2.24) is 9.97 Å². The van der Waals surface area contributed by atoms with Crippen molar-refractivity contribution >= 4 is 23.2 Å². The Balaban J connectivity index is 1.49. The number of carbonyl (C=O) groups is 1. The van der Waals surface area contributed by atoms with E-state index in [0.29, 0.717) is 24.6 Å². The topological polar surface area (TPSA) is 128 Å². The second-order valence-corrected chi connectivity index (χ2v) is 8.42. The van der Waals surface area contributed by atoms with Crippen LogP contribution >= 0.6 is 0 Å².